The molecule has 2 heterocycles. The second-order valence-electron chi connectivity index (χ2n) is 4.99. The van der Waals surface area contributed by atoms with Crippen molar-refractivity contribution in [1.29, 1.82) is 0 Å². The molecule has 1 aromatic rings. The van der Waals surface area contributed by atoms with E-state index in [1.807, 2.05) is 6.92 Å². The molecule has 0 radical (unpaired) electrons. The van der Waals surface area contributed by atoms with Crippen molar-refractivity contribution in [3.63, 3.8) is 0 Å². The first-order chi connectivity index (χ1) is 8.59. The molecule has 1 saturated heterocycles. The van der Waals surface area contributed by atoms with Crippen LogP contribution in [0.3, 0.4) is 0 Å². The zero-order valence-electron chi connectivity index (χ0n) is 11.0. The molecule has 1 atom stereocenters. The van der Waals surface area contributed by atoms with E-state index >= 15 is 0 Å². The Labute approximate surface area is 112 Å². The topological polar surface area (TPSA) is 53.4 Å². The molecule has 0 aromatic carbocycles. The van der Waals surface area contributed by atoms with Crippen LogP contribution in [0.25, 0.3) is 0 Å². The summed E-state index contributed by atoms with van der Waals surface area (Å²) in [5.41, 5.74) is 0.540. The summed E-state index contributed by atoms with van der Waals surface area (Å²) >= 11 is 1.69. The van der Waals surface area contributed by atoms with Gasteiger partial charge in [-0.15, -0.1) is 11.3 Å². The molecule has 18 heavy (non-hydrogen) atoms. The third kappa shape index (κ3) is 2.57. The minimum absolute atomic E-state index is 0.538. The van der Waals surface area contributed by atoms with Crippen LogP contribution in [-0.2, 0) is 17.8 Å². The number of carbonyl (C=O) groups is 1. The van der Waals surface area contributed by atoms with E-state index in [1.54, 1.807) is 11.3 Å². The van der Waals surface area contributed by atoms with Crippen molar-refractivity contribution in [1.82, 2.24) is 9.88 Å². The van der Waals surface area contributed by atoms with Crippen LogP contribution in [0.15, 0.2) is 5.38 Å². The molecule has 4 nitrogen and oxygen atoms in total. The molecule has 100 valence electrons. The summed E-state index contributed by atoms with van der Waals surface area (Å²) in [6.07, 6.45) is 2.43. The van der Waals surface area contributed by atoms with Gasteiger partial charge in [-0.2, -0.15) is 0 Å². The molecular formula is C13H20N2O2S. The van der Waals surface area contributed by atoms with E-state index in [0.717, 1.165) is 36.6 Å². The Bertz CT molecular complexity index is 432. The van der Waals surface area contributed by atoms with Gasteiger partial charge in [0, 0.05) is 18.5 Å². The molecule has 2 rings (SSSR count). The van der Waals surface area contributed by atoms with Crippen LogP contribution in [0.1, 0.15) is 37.4 Å². The molecule has 5 heteroatoms. The first kappa shape index (κ1) is 13.5. The molecule has 0 aliphatic carbocycles. The van der Waals surface area contributed by atoms with Crippen molar-refractivity contribution in [3.05, 3.63) is 16.1 Å². The van der Waals surface area contributed by atoms with E-state index in [-0.39, 0.29) is 0 Å². The summed E-state index contributed by atoms with van der Waals surface area (Å²) in [7, 11) is 0. The van der Waals surface area contributed by atoms with E-state index in [1.165, 1.54) is 0 Å². The standard InChI is InChI=1S/C13H20N2O2S/c1-3-11-14-10(8-18-11)7-15-6-5-13(4-2,9-15)12(16)17/h8H,3-7,9H2,1-2H3,(H,16,17). The monoisotopic (exact) mass is 268 g/mol. The lowest BCUT2D eigenvalue weighted by molar-refractivity contribution is -0.148. The highest BCUT2D eigenvalue weighted by Crippen LogP contribution is 2.34. The summed E-state index contributed by atoms with van der Waals surface area (Å²) in [5, 5.41) is 12.6. The third-order valence-electron chi connectivity index (χ3n) is 3.85. The number of rotatable bonds is 5. The average molecular weight is 268 g/mol. The Kier molecular flexibility index (Phi) is 4.02. The summed E-state index contributed by atoms with van der Waals surface area (Å²) in [6, 6.07) is 0. The molecular weight excluding hydrogens is 248 g/mol. The van der Waals surface area contributed by atoms with Crippen LogP contribution in [0, 0.1) is 5.41 Å². The van der Waals surface area contributed by atoms with E-state index in [4.69, 9.17) is 0 Å². The molecule has 1 aromatic heterocycles. The molecule has 1 unspecified atom stereocenters. The van der Waals surface area contributed by atoms with Gasteiger partial charge >= 0.3 is 5.97 Å². The van der Waals surface area contributed by atoms with Crippen LogP contribution in [0.4, 0.5) is 0 Å². The second kappa shape index (κ2) is 5.36. The zero-order chi connectivity index (χ0) is 13.2. The highest BCUT2D eigenvalue weighted by molar-refractivity contribution is 7.09. The van der Waals surface area contributed by atoms with Crippen molar-refractivity contribution >= 4 is 17.3 Å². The lowest BCUT2D eigenvalue weighted by Crippen LogP contribution is -2.33. The molecule has 1 aliphatic rings. The number of hydrogen-bond donors (Lipinski definition) is 1. The van der Waals surface area contributed by atoms with E-state index in [0.29, 0.717) is 13.0 Å². The number of carboxylic acid groups (broad SMARTS) is 1. The number of thiazole rings is 1. The van der Waals surface area contributed by atoms with Gasteiger partial charge in [-0.3, -0.25) is 9.69 Å². The Hall–Kier alpha value is -0.940. The number of likely N-dealkylation sites (tertiary alicyclic amines) is 1. The van der Waals surface area contributed by atoms with Gasteiger partial charge in [-0.05, 0) is 25.8 Å². The van der Waals surface area contributed by atoms with Crippen molar-refractivity contribution in [3.8, 4) is 0 Å². The quantitative estimate of drug-likeness (QED) is 0.891. The van der Waals surface area contributed by atoms with E-state index < -0.39 is 11.4 Å². The predicted octanol–water partition coefficient (Wildman–Crippen LogP) is 2.39. The van der Waals surface area contributed by atoms with Crippen molar-refractivity contribution < 1.29 is 9.90 Å². The molecule has 1 aliphatic heterocycles. The maximum absolute atomic E-state index is 11.4. The van der Waals surface area contributed by atoms with Crippen LogP contribution in [0.5, 0.6) is 0 Å². The predicted molar refractivity (Wildman–Crippen MR) is 71.7 cm³/mol. The molecule has 1 fully saturated rings. The first-order valence-corrected chi connectivity index (χ1v) is 7.36. The SMILES string of the molecule is CCc1nc(CN2CCC(CC)(C(=O)O)C2)cs1. The molecule has 0 amide bonds. The third-order valence-corrected chi connectivity index (χ3v) is 4.89. The summed E-state index contributed by atoms with van der Waals surface area (Å²) < 4.78 is 0. The maximum atomic E-state index is 11.4. The van der Waals surface area contributed by atoms with Crippen LogP contribution in [0.2, 0.25) is 0 Å². The number of aliphatic carboxylic acids is 1. The molecule has 1 N–H and O–H groups in total. The molecule has 0 spiro atoms. The zero-order valence-corrected chi connectivity index (χ0v) is 11.8. The highest BCUT2D eigenvalue weighted by Gasteiger charge is 2.43. The Morgan fingerprint density at radius 3 is 2.89 bits per heavy atom. The van der Waals surface area contributed by atoms with Crippen LogP contribution in [-0.4, -0.2) is 34.0 Å². The number of carboxylic acids is 1. The molecule has 0 saturated carbocycles. The number of aromatic nitrogens is 1. The van der Waals surface area contributed by atoms with E-state index in [2.05, 4.69) is 22.2 Å². The van der Waals surface area contributed by atoms with Gasteiger partial charge < -0.3 is 5.11 Å². The average Bonchev–Trinajstić information content (AvgIpc) is 2.97. The normalized spacial score (nSPS) is 24.6. The van der Waals surface area contributed by atoms with Crippen LogP contribution >= 0.6 is 11.3 Å². The lowest BCUT2D eigenvalue weighted by Gasteiger charge is -2.22. The summed E-state index contributed by atoms with van der Waals surface area (Å²) in [6.45, 7) is 6.36. The first-order valence-electron chi connectivity index (χ1n) is 6.48. The highest BCUT2D eigenvalue weighted by atomic mass is 32.1. The largest absolute Gasteiger partial charge is 0.481 e. The van der Waals surface area contributed by atoms with Gasteiger partial charge in [0.05, 0.1) is 16.1 Å². The fraction of sp³-hybridized carbons (Fsp3) is 0.692. The molecule has 0 bridgehead atoms. The Morgan fingerprint density at radius 1 is 1.61 bits per heavy atom. The smallest absolute Gasteiger partial charge is 0.310 e. The van der Waals surface area contributed by atoms with Gasteiger partial charge in [0.1, 0.15) is 0 Å². The van der Waals surface area contributed by atoms with Crippen molar-refractivity contribution in [2.24, 2.45) is 5.41 Å². The van der Waals surface area contributed by atoms with Gasteiger partial charge in [0.25, 0.3) is 0 Å². The van der Waals surface area contributed by atoms with Gasteiger partial charge in [0.2, 0.25) is 0 Å². The van der Waals surface area contributed by atoms with Crippen molar-refractivity contribution in [2.45, 2.75) is 39.7 Å². The van der Waals surface area contributed by atoms with Gasteiger partial charge in [-0.1, -0.05) is 13.8 Å². The lowest BCUT2D eigenvalue weighted by atomic mass is 9.84. The second-order valence-corrected chi connectivity index (χ2v) is 5.93. The summed E-state index contributed by atoms with van der Waals surface area (Å²) in [4.78, 5) is 18.1. The fourth-order valence-electron chi connectivity index (χ4n) is 2.52. The van der Waals surface area contributed by atoms with Gasteiger partial charge in [0.15, 0.2) is 0 Å². The van der Waals surface area contributed by atoms with E-state index in [9.17, 15) is 9.90 Å². The number of hydrogen-bond acceptors (Lipinski definition) is 4. The Morgan fingerprint density at radius 2 is 2.39 bits per heavy atom. The minimum Gasteiger partial charge on any atom is -0.481 e. The minimum atomic E-state index is -0.653. The summed E-state index contributed by atoms with van der Waals surface area (Å²) in [5.74, 6) is -0.653. The fourth-order valence-corrected chi connectivity index (χ4v) is 3.26. The number of aryl methyl sites for hydroxylation is 1. The Balaban J connectivity index is 1.98. The van der Waals surface area contributed by atoms with Crippen LogP contribution < -0.4 is 0 Å². The number of nitrogens with zero attached hydrogens (tertiary/aromatic N) is 2. The van der Waals surface area contributed by atoms with Crippen molar-refractivity contribution in [2.75, 3.05) is 13.1 Å². The van der Waals surface area contributed by atoms with Gasteiger partial charge in [-0.25, -0.2) is 4.98 Å². The maximum Gasteiger partial charge on any atom is 0.310 e.